The van der Waals surface area contributed by atoms with E-state index in [-0.39, 0.29) is 0 Å². The van der Waals surface area contributed by atoms with E-state index in [1.807, 2.05) is 0 Å². The van der Waals surface area contributed by atoms with Crippen LogP contribution >= 0.6 is 0 Å². The highest BCUT2D eigenvalue weighted by Crippen LogP contribution is 1.50. The summed E-state index contributed by atoms with van der Waals surface area (Å²) >= 11 is 0. The molecule has 0 aliphatic carbocycles. The Morgan fingerprint density at radius 1 is 1.86 bits per heavy atom. The van der Waals surface area contributed by atoms with Crippen LogP contribution in [0.4, 0.5) is 0 Å². The zero-order valence-corrected chi connectivity index (χ0v) is 3.16. The third-order valence-electron chi connectivity index (χ3n) is 0.208. The minimum Gasteiger partial charge on any atom is -0.553 e. The van der Waals surface area contributed by atoms with Gasteiger partial charge in [0.25, 0.3) is 0 Å². The van der Waals surface area contributed by atoms with Gasteiger partial charge >= 0.3 is 0 Å². The average molecular weight is 109 g/mol. The number of hydrogen-bond acceptors (Lipinski definition) is 6. The van der Waals surface area contributed by atoms with E-state index in [0.29, 0.717) is 0 Å². The first-order valence-corrected chi connectivity index (χ1v) is 1.21. The highest BCUT2D eigenvalue weighted by Gasteiger charge is 1.88. The van der Waals surface area contributed by atoms with Crippen LogP contribution < -0.4 is 11.3 Å². The van der Waals surface area contributed by atoms with Gasteiger partial charge in [-0.2, -0.15) is 5.90 Å². The first-order chi connectivity index (χ1) is 3.31. The molecule has 0 aromatic rings. The molecule has 0 fully saturated rings. The van der Waals surface area contributed by atoms with Crippen molar-refractivity contribution in [3.63, 3.8) is 0 Å². The van der Waals surface area contributed by atoms with Crippen molar-refractivity contribution in [1.29, 1.82) is 0 Å². The largest absolute Gasteiger partial charge is 0.553 e. The molecule has 0 heterocycles. The van der Waals surface area contributed by atoms with E-state index in [9.17, 15) is 5.21 Å². The Hall–Kier alpha value is -0.760. The van der Waals surface area contributed by atoms with Crippen LogP contribution in [0.3, 0.4) is 0 Å². The lowest BCUT2D eigenvalue weighted by molar-refractivity contribution is -1.21. The molecule has 0 aromatic heterocycles. The summed E-state index contributed by atoms with van der Waals surface area (Å²) < 4.78 is 0. The highest BCUT2D eigenvalue weighted by molar-refractivity contribution is 3.88. The lowest BCUT2D eigenvalue weighted by atomic mass is 12.8. The fraction of sp³-hybridized carbons (Fsp3) is 0. The molecular weight excluding hydrogens is 106 g/mol. The molecule has 42 valence electrons. The summed E-state index contributed by atoms with van der Waals surface area (Å²) in [6.07, 6.45) is 0. The van der Waals surface area contributed by atoms with E-state index >= 15 is 0 Å². The third-order valence-corrected chi connectivity index (χ3v) is 0.208. The van der Waals surface area contributed by atoms with Crippen molar-refractivity contribution < 1.29 is 15.3 Å². The smallest absolute Gasteiger partial charge is 0.217 e. The Morgan fingerprint density at radius 3 is 2.57 bits per heavy atom. The van der Waals surface area contributed by atoms with Crippen molar-refractivity contribution in [3.8, 4) is 0 Å². The Bertz CT molecular complexity index is 52.9. The van der Waals surface area contributed by atoms with Gasteiger partial charge in [-0.05, 0) is 0 Å². The van der Waals surface area contributed by atoms with Crippen molar-refractivity contribution in [2.75, 3.05) is 0 Å². The van der Waals surface area contributed by atoms with Gasteiger partial charge in [-0.25, -0.2) is 0 Å². The molecule has 0 rings (SSSR count). The molecule has 0 bridgehead atoms. The van der Waals surface area contributed by atoms with Gasteiger partial charge in [-0.1, -0.05) is 4.94 Å². The van der Waals surface area contributed by atoms with Gasteiger partial charge in [-0.15, -0.1) is 9.85 Å². The maximum Gasteiger partial charge on any atom is 0.217 e. The predicted octanol–water partition coefficient (Wildman–Crippen LogP) is -2.21. The molecule has 0 saturated carbocycles. The van der Waals surface area contributed by atoms with Crippen molar-refractivity contribution in [1.82, 2.24) is 0 Å². The fourth-order valence-corrected chi connectivity index (χ4v) is 0.0519. The summed E-state index contributed by atoms with van der Waals surface area (Å²) in [7, 11) is 0. The van der Waals surface area contributed by atoms with E-state index < -0.39 is 5.39 Å². The molecule has 0 aliphatic rings. The highest BCUT2D eigenvalue weighted by atomic mass is 17.2. The van der Waals surface area contributed by atoms with E-state index in [4.69, 9.17) is 4.91 Å². The van der Waals surface area contributed by atoms with Crippen LogP contribution in [0.25, 0.3) is 0 Å². The fourth-order valence-electron chi connectivity index (χ4n) is 0.0519. The van der Waals surface area contributed by atoms with E-state index in [0.717, 1.165) is 0 Å². The van der Waals surface area contributed by atoms with Crippen LogP contribution in [-0.2, 0) is 9.88 Å². The first-order valence-electron chi connectivity index (χ1n) is 1.21. The molecule has 1 unspecified atom stereocenters. The monoisotopic (exact) mass is 109 g/mol. The Morgan fingerprint density at radius 2 is 2.43 bits per heavy atom. The zero-order chi connectivity index (χ0) is 5.70. The molecular formula is H3N3O4. The van der Waals surface area contributed by atoms with E-state index in [1.165, 1.54) is 0 Å². The Labute approximate surface area is 38.0 Å². The summed E-state index contributed by atoms with van der Waals surface area (Å²) in [6, 6.07) is 0. The van der Waals surface area contributed by atoms with Gasteiger partial charge in [0, 0.05) is 5.39 Å². The number of rotatable bonds is 3. The van der Waals surface area contributed by atoms with Gasteiger partial charge in [0.2, 0.25) is 5.34 Å². The molecule has 3 N–H and O–H groups in total. The predicted molar refractivity (Wildman–Crippen MR) is 16.5 cm³/mol. The average Bonchev–Trinajstić information content (AvgIpc) is 1.68. The SMILES string of the molecule is NO[NH+]([O-])ON=O. The van der Waals surface area contributed by atoms with Gasteiger partial charge in [0.05, 0.1) is 0 Å². The molecule has 7 heteroatoms. The minimum absolute atomic E-state index is 1.32. The summed E-state index contributed by atoms with van der Waals surface area (Å²) in [5, 5.41) is 9.93. The molecule has 0 radical (unpaired) electrons. The van der Waals surface area contributed by atoms with Crippen LogP contribution in [0.5, 0.6) is 0 Å². The normalized spacial score (nSPS) is 12.9. The second-order valence-electron chi connectivity index (χ2n) is 0.534. The van der Waals surface area contributed by atoms with Gasteiger partial charge in [-0.3, -0.25) is 0 Å². The maximum atomic E-state index is 9.55. The number of nitrogens with two attached hydrogens (primary N) is 1. The van der Waals surface area contributed by atoms with Gasteiger partial charge < -0.3 is 5.21 Å². The van der Waals surface area contributed by atoms with E-state index in [2.05, 4.69) is 15.8 Å². The number of hydrogen-bond donors (Lipinski definition) is 2. The summed E-state index contributed by atoms with van der Waals surface area (Å²) in [5.41, 5.74) is 0. The summed E-state index contributed by atoms with van der Waals surface area (Å²) in [4.78, 5) is 15.6. The zero-order valence-electron chi connectivity index (χ0n) is 3.16. The molecule has 7 nitrogen and oxygen atoms in total. The van der Waals surface area contributed by atoms with Gasteiger partial charge in [0.1, 0.15) is 0 Å². The summed E-state index contributed by atoms with van der Waals surface area (Å²) in [6.45, 7) is 0. The van der Waals surface area contributed by atoms with Crippen LogP contribution in [0.1, 0.15) is 0 Å². The molecule has 0 aliphatic heterocycles. The molecule has 0 spiro atoms. The first kappa shape index (κ1) is 6.24. The lowest BCUT2D eigenvalue weighted by Crippen LogP contribution is -3.05. The van der Waals surface area contributed by atoms with Crippen molar-refractivity contribution in [2.45, 2.75) is 0 Å². The van der Waals surface area contributed by atoms with Crippen LogP contribution in [-0.4, -0.2) is 0 Å². The quantitative estimate of drug-likeness (QED) is 0.316. The van der Waals surface area contributed by atoms with Crippen molar-refractivity contribution in [2.24, 2.45) is 11.2 Å². The van der Waals surface area contributed by atoms with Gasteiger partial charge in [0.15, 0.2) is 0 Å². The number of quaternary nitrogens is 1. The van der Waals surface area contributed by atoms with Crippen molar-refractivity contribution >= 4 is 0 Å². The molecule has 0 aromatic carbocycles. The molecule has 0 amide bonds. The second-order valence-corrected chi connectivity index (χ2v) is 0.534. The Balaban J connectivity index is 2.98. The molecule has 7 heavy (non-hydrogen) atoms. The standard InChI is InChI=1S/H3N3O4/c1-6-3(5)7-2-4/h3H,1H2. The third kappa shape index (κ3) is 3.06. The van der Waals surface area contributed by atoms with Crippen LogP contribution in [0.15, 0.2) is 5.34 Å². The van der Waals surface area contributed by atoms with Crippen molar-refractivity contribution in [3.05, 3.63) is 10.1 Å². The molecule has 1 atom stereocenters. The number of nitrogens with zero attached hydrogens (tertiary/aromatic N) is 1. The van der Waals surface area contributed by atoms with Crippen LogP contribution in [0, 0.1) is 10.1 Å². The number of nitrogens with one attached hydrogen (secondary N) is 1. The van der Waals surface area contributed by atoms with Crippen LogP contribution in [0.2, 0.25) is 0 Å². The lowest BCUT2D eigenvalue weighted by Gasteiger charge is -2.05. The topological polar surface area (TPSA) is 101 Å². The van der Waals surface area contributed by atoms with E-state index in [1.54, 1.807) is 5.34 Å². The maximum absolute atomic E-state index is 9.55. The Kier molecular flexibility index (Phi) is 3.06. The minimum atomic E-state index is -1.32. The summed E-state index contributed by atoms with van der Waals surface area (Å²) in [5.74, 6) is 4.18. The molecule has 0 saturated heterocycles. The second kappa shape index (κ2) is 3.43.